The monoisotopic (exact) mass is 356 g/mol. The molecule has 3 aromatic rings. The molecule has 0 saturated heterocycles. The van der Waals surface area contributed by atoms with E-state index in [1.165, 1.54) is 16.8 Å². The number of ether oxygens (including phenoxy) is 1. The Balaban J connectivity index is 1.65. The Kier molecular flexibility index (Phi) is 5.37. The number of tetrazole rings is 1. The van der Waals surface area contributed by atoms with Gasteiger partial charge in [-0.2, -0.15) is 4.68 Å². The number of amides is 2. The fourth-order valence-corrected chi connectivity index (χ4v) is 2.30. The van der Waals surface area contributed by atoms with Crippen molar-refractivity contribution >= 4 is 11.7 Å². The van der Waals surface area contributed by atoms with Gasteiger partial charge in [-0.25, -0.2) is 9.18 Å². The van der Waals surface area contributed by atoms with Crippen LogP contribution >= 0.6 is 0 Å². The van der Waals surface area contributed by atoms with E-state index in [2.05, 4.69) is 26.2 Å². The van der Waals surface area contributed by atoms with Crippen molar-refractivity contribution in [1.29, 1.82) is 0 Å². The van der Waals surface area contributed by atoms with Gasteiger partial charge in [0.05, 0.1) is 24.5 Å². The number of carbonyl (C=O) groups excluding carboxylic acids is 1. The molecule has 2 aromatic carbocycles. The number of carbonyl (C=O) groups is 1. The summed E-state index contributed by atoms with van der Waals surface area (Å²) in [5.41, 5.74) is 1.02. The van der Waals surface area contributed by atoms with Gasteiger partial charge in [0.25, 0.3) is 0 Å². The molecule has 134 valence electrons. The van der Waals surface area contributed by atoms with E-state index in [1.807, 2.05) is 13.0 Å². The number of halogens is 1. The Morgan fingerprint density at radius 2 is 2.08 bits per heavy atom. The molecule has 0 spiro atoms. The molecular formula is C17H17FN6O2. The van der Waals surface area contributed by atoms with Gasteiger partial charge < -0.3 is 15.4 Å². The van der Waals surface area contributed by atoms with Crippen LogP contribution in [0.3, 0.4) is 0 Å². The summed E-state index contributed by atoms with van der Waals surface area (Å²) in [5, 5.41) is 16.6. The molecule has 3 rings (SSSR count). The predicted molar refractivity (Wildman–Crippen MR) is 92.6 cm³/mol. The van der Waals surface area contributed by atoms with E-state index >= 15 is 0 Å². The third kappa shape index (κ3) is 4.12. The highest BCUT2D eigenvalue weighted by atomic mass is 19.1. The molecule has 0 aliphatic carbocycles. The maximum atomic E-state index is 13.4. The minimum Gasteiger partial charge on any atom is -0.492 e. The first-order valence-electron chi connectivity index (χ1n) is 7.97. The number of hydrogen-bond donors (Lipinski definition) is 2. The maximum Gasteiger partial charge on any atom is 0.319 e. The zero-order chi connectivity index (χ0) is 18.4. The Labute approximate surface area is 149 Å². The average Bonchev–Trinajstić information content (AvgIpc) is 3.10. The van der Waals surface area contributed by atoms with Crippen LogP contribution in [0.2, 0.25) is 0 Å². The average molecular weight is 356 g/mol. The SMILES string of the molecule is CCOc1ccccc1NC(=O)NCc1nnnn1-c1cccc(F)c1. The molecule has 0 aliphatic heterocycles. The summed E-state index contributed by atoms with van der Waals surface area (Å²) in [4.78, 5) is 12.2. The molecule has 0 saturated carbocycles. The van der Waals surface area contributed by atoms with Crippen molar-refractivity contribution in [2.24, 2.45) is 0 Å². The molecular weight excluding hydrogens is 339 g/mol. The molecule has 2 N–H and O–H groups in total. The lowest BCUT2D eigenvalue weighted by Gasteiger charge is -2.12. The van der Waals surface area contributed by atoms with Crippen LogP contribution < -0.4 is 15.4 Å². The van der Waals surface area contributed by atoms with Crippen LogP contribution in [0.15, 0.2) is 48.5 Å². The number of nitrogens with one attached hydrogen (secondary N) is 2. The van der Waals surface area contributed by atoms with Gasteiger partial charge in [-0.1, -0.05) is 18.2 Å². The zero-order valence-electron chi connectivity index (χ0n) is 14.0. The fraction of sp³-hybridized carbons (Fsp3) is 0.176. The topological polar surface area (TPSA) is 94.0 Å². The Morgan fingerprint density at radius 1 is 1.23 bits per heavy atom. The number of para-hydroxylation sites is 2. The number of hydrogen-bond acceptors (Lipinski definition) is 5. The summed E-state index contributed by atoms with van der Waals surface area (Å²) in [6.07, 6.45) is 0. The summed E-state index contributed by atoms with van der Waals surface area (Å²) < 4.78 is 20.2. The third-order valence-corrected chi connectivity index (χ3v) is 3.43. The van der Waals surface area contributed by atoms with Crippen LogP contribution in [0, 0.1) is 5.82 Å². The normalized spacial score (nSPS) is 10.4. The maximum absolute atomic E-state index is 13.4. The van der Waals surface area contributed by atoms with E-state index < -0.39 is 11.8 Å². The molecule has 0 bridgehead atoms. The van der Waals surface area contributed by atoms with Gasteiger partial charge in [0.15, 0.2) is 5.82 Å². The van der Waals surface area contributed by atoms with Crippen LogP contribution in [-0.2, 0) is 6.54 Å². The highest BCUT2D eigenvalue weighted by Crippen LogP contribution is 2.23. The quantitative estimate of drug-likeness (QED) is 0.708. The molecule has 1 heterocycles. The molecule has 9 heteroatoms. The lowest BCUT2D eigenvalue weighted by Crippen LogP contribution is -2.29. The molecule has 26 heavy (non-hydrogen) atoms. The second kappa shape index (κ2) is 8.06. The number of rotatable bonds is 6. The van der Waals surface area contributed by atoms with Crippen molar-refractivity contribution in [2.75, 3.05) is 11.9 Å². The smallest absolute Gasteiger partial charge is 0.319 e. The molecule has 0 unspecified atom stereocenters. The Hall–Kier alpha value is -3.49. The van der Waals surface area contributed by atoms with Gasteiger partial charge in [0.1, 0.15) is 11.6 Å². The van der Waals surface area contributed by atoms with E-state index in [4.69, 9.17) is 4.74 Å². The van der Waals surface area contributed by atoms with Crippen LogP contribution in [0.1, 0.15) is 12.7 Å². The number of benzene rings is 2. The van der Waals surface area contributed by atoms with Gasteiger partial charge in [-0.05, 0) is 47.7 Å². The van der Waals surface area contributed by atoms with Gasteiger partial charge in [0.2, 0.25) is 0 Å². The summed E-state index contributed by atoms with van der Waals surface area (Å²) in [7, 11) is 0. The standard InChI is InChI=1S/C17H17FN6O2/c1-2-26-15-9-4-3-8-14(15)20-17(25)19-11-16-21-22-23-24(16)13-7-5-6-12(18)10-13/h3-10H,2,11H2,1H3,(H2,19,20,25). The molecule has 1 aromatic heterocycles. The number of nitrogens with zero attached hydrogens (tertiary/aromatic N) is 4. The lowest BCUT2D eigenvalue weighted by atomic mass is 10.3. The van der Waals surface area contributed by atoms with Crippen molar-refractivity contribution in [2.45, 2.75) is 13.5 Å². The summed E-state index contributed by atoms with van der Waals surface area (Å²) in [6.45, 7) is 2.41. The first-order valence-corrected chi connectivity index (χ1v) is 7.97. The van der Waals surface area contributed by atoms with Gasteiger partial charge in [-0.15, -0.1) is 5.10 Å². The summed E-state index contributed by atoms with van der Waals surface area (Å²) in [6, 6.07) is 12.5. The number of urea groups is 1. The molecule has 0 atom stereocenters. The van der Waals surface area contributed by atoms with Crippen molar-refractivity contribution < 1.29 is 13.9 Å². The van der Waals surface area contributed by atoms with E-state index in [1.54, 1.807) is 30.3 Å². The summed E-state index contributed by atoms with van der Waals surface area (Å²) in [5.74, 6) is 0.542. The largest absolute Gasteiger partial charge is 0.492 e. The molecule has 8 nitrogen and oxygen atoms in total. The molecule has 0 radical (unpaired) electrons. The van der Waals surface area contributed by atoms with E-state index in [0.717, 1.165) is 0 Å². The first-order chi connectivity index (χ1) is 12.7. The van der Waals surface area contributed by atoms with Crippen LogP contribution in [0.4, 0.5) is 14.9 Å². The van der Waals surface area contributed by atoms with Crippen LogP contribution in [0.5, 0.6) is 5.75 Å². The lowest BCUT2D eigenvalue weighted by molar-refractivity contribution is 0.251. The van der Waals surface area contributed by atoms with E-state index in [-0.39, 0.29) is 6.54 Å². The zero-order valence-corrected chi connectivity index (χ0v) is 14.0. The van der Waals surface area contributed by atoms with Crippen LogP contribution in [0.25, 0.3) is 5.69 Å². The Morgan fingerprint density at radius 3 is 2.88 bits per heavy atom. The molecule has 0 aliphatic rings. The van der Waals surface area contributed by atoms with Crippen molar-refractivity contribution in [3.8, 4) is 11.4 Å². The third-order valence-electron chi connectivity index (χ3n) is 3.43. The van der Waals surface area contributed by atoms with E-state index in [0.29, 0.717) is 29.6 Å². The highest BCUT2D eigenvalue weighted by Gasteiger charge is 2.12. The van der Waals surface area contributed by atoms with E-state index in [9.17, 15) is 9.18 Å². The first kappa shape index (κ1) is 17.3. The predicted octanol–water partition coefficient (Wildman–Crippen LogP) is 2.52. The molecule has 2 amide bonds. The second-order valence-electron chi connectivity index (χ2n) is 5.22. The second-order valence-corrected chi connectivity index (χ2v) is 5.22. The molecule has 0 fully saturated rings. The van der Waals surface area contributed by atoms with Gasteiger partial charge in [-0.3, -0.25) is 0 Å². The Bertz CT molecular complexity index is 898. The number of anilines is 1. The minimum atomic E-state index is -0.439. The van der Waals surface area contributed by atoms with Gasteiger partial charge in [0, 0.05) is 0 Å². The van der Waals surface area contributed by atoms with Gasteiger partial charge >= 0.3 is 6.03 Å². The van der Waals surface area contributed by atoms with Crippen LogP contribution in [-0.4, -0.2) is 32.8 Å². The van der Waals surface area contributed by atoms with Crippen molar-refractivity contribution in [3.63, 3.8) is 0 Å². The van der Waals surface area contributed by atoms with Crippen molar-refractivity contribution in [1.82, 2.24) is 25.5 Å². The minimum absolute atomic E-state index is 0.0617. The number of aromatic nitrogens is 4. The van der Waals surface area contributed by atoms with Crippen molar-refractivity contribution in [3.05, 3.63) is 60.2 Å². The fourth-order valence-electron chi connectivity index (χ4n) is 2.30. The highest BCUT2D eigenvalue weighted by molar-refractivity contribution is 5.90. The summed E-state index contributed by atoms with van der Waals surface area (Å²) >= 11 is 0.